The van der Waals surface area contributed by atoms with Crippen LogP contribution in [-0.4, -0.2) is 30.4 Å². The fourth-order valence-electron chi connectivity index (χ4n) is 1.29. The van der Waals surface area contributed by atoms with Gasteiger partial charge in [-0.2, -0.15) is 0 Å². The minimum Gasteiger partial charge on any atom is -0.390 e. The molecule has 0 aliphatic carbocycles. The molecule has 3 nitrogen and oxygen atoms in total. The molecule has 11 heavy (non-hydrogen) atoms. The Morgan fingerprint density at radius 2 is 2.45 bits per heavy atom. The van der Waals surface area contributed by atoms with Crippen molar-refractivity contribution < 1.29 is 6.22 Å². The zero-order valence-corrected chi connectivity index (χ0v) is 7.05. The summed E-state index contributed by atoms with van der Waals surface area (Å²) in [6.07, 6.45) is 1.04. The number of hydrogen-bond acceptors (Lipinski definition) is 2. The minimum absolute atomic E-state index is 0. The Balaban J connectivity index is 0.00000121. The summed E-state index contributed by atoms with van der Waals surface area (Å²) in [5.41, 5.74) is 0.937. The van der Waals surface area contributed by atoms with Gasteiger partial charge in [0, 0.05) is 27.6 Å². The summed E-state index contributed by atoms with van der Waals surface area (Å²) in [6, 6.07) is 0.234. The van der Waals surface area contributed by atoms with E-state index in [-0.39, 0.29) is 13.4 Å². The molecule has 0 spiro atoms. The van der Waals surface area contributed by atoms with Crippen LogP contribution in [0.5, 0.6) is 0 Å². The Bertz CT molecular complexity index is 193. The van der Waals surface area contributed by atoms with Crippen LogP contribution in [0, 0.1) is 0 Å². The summed E-state index contributed by atoms with van der Waals surface area (Å²) in [5.74, 6) is 0.137. The molecule has 1 aliphatic heterocycles. The van der Waals surface area contributed by atoms with Crippen LogP contribution in [-0.2, 0) is 4.79 Å². The highest BCUT2D eigenvalue weighted by molar-refractivity contribution is 5.75. The predicted octanol–water partition coefficient (Wildman–Crippen LogP) is 0.586. The first-order valence-corrected chi connectivity index (χ1v) is 3.80. The molecule has 1 N–H and O–H groups in total. The van der Waals surface area contributed by atoms with Crippen LogP contribution >= 0.6 is 0 Å². The number of hydrogen-bond donors (Lipinski definition) is 1. The number of likely N-dealkylation sites (N-methyl/N-ethyl adjacent to an activating group) is 1. The lowest BCUT2D eigenvalue weighted by Gasteiger charge is -2.41. The predicted molar refractivity (Wildman–Crippen MR) is 46.1 cm³/mol. The standard InChI is InChI=1S/C8H14N2O.H2/c1-6(9-3)8-4-5-10(8)7(2)11;/h8-9H,1,4-5H2,2-3H3;1H. The summed E-state index contributed by atoms with van der Waals surface area (Å²) < 4.78 is 0. The van der Waals surface area contributed by atoms with Gasteiger partial charge in [-0.1, -0.05) is 6.58 Å². The Morgan fingerprint density at radius 3 is 2.73 bits per heavy atom. The molecule has 3 heteroatoms. The van der Waals surface area contributed by atoms with Crippen molar-refractivity contribution in [1.82, 2.24) is 10.2 Å². The van der Waals surface area contributed by atoms with Gasteiger partial charge >= 0.3 is 0 Å². The van der Waals surface area contributed by atoms with E-state index in [9.17, 15) is 4.79 Å². The summed E-state index contributed by atoms with van der Waals surface area (Å²) in [4.78, 5) is 12.7. The number of rotatable bonds is 2. The molecule has 1 atom stereocenters. The summed E-state index contributed by atoms with van der Waals surface area (Å²) in [6.45, 7) is 6.29. The second-order valence-corrected chi connectivity index (χ2v) is 2.79. The number of amides is 1. The van der Waals surface area contributed by atoms with Crippen LogP contribution < -0.4 is 5.32 Å². The van der Waals surface area contributed by atoms with E-state index in [2.05, 4.69) is 11.9 Å². The van der Waals surface area contributed by atoms with Crippen molar-refractivity contribution in [2.75, 3.05) is 13.6 Å². The number of nitrogens with zero attached hydrogens (tertiary/aromatic N) is 1. The summed E-state index contributed by atoms with van der Waals surface area (Å²) in [5, 5.41) is 2.96. The normalized spacial score (nSPS) is 22.4. The van der Waals surface area contributed by atoms with E-state index < -0.39 is 0 Å². The van der Waals surface area contributed by atoms with Crippen molar-refractivity contribution >= 4 is 5.91 Å². The van der Waals surface area contributed by atoms with E-state index in [0.717, 1.165) is 18.7 Å². The van der Waals surface area contributed by atoms with Gasteiger partial charge in [-0.15, -0.1) is 0 Å². The molecule has 0 aromatic rings. The summed E-state index contributed by atoms with van der Waals surface area (Å²) in [7, 11) is 1.83. The third-order valence-electron chi connectivity index (χ3n) is 2.15. The smallest absolute Gasteiger partial charge is 0.220 e. The van der Waals surface area contributed by atoms with Gasteiger partial charge in [-0.05, 0) is 6.42 Å². The van der Waals surface area contributed by atoms with Gasteiger partial charge in [0.1, 0.15) is 0 Å². The fourth-order valence-corrected chi connectivity index (χ4v) is 1.29. The third kappa shape index (κ3) is 1.37. The Kier molecular flexibility index (Phi) is 2.17. The van der Waals surface area contributed by atoms with Crippen molar-refractivity contribution in [3.8, 4) is 0 Å². The van der Waals surface area contributed by atoms with Gasteiger partial charge in [0.2, 0.25) is 5.91 Å². The fraction of sp³-hybridized carbons (Fsp3) is 0.625. The van der Waals surface area contributed by atoms with Crippen molar-refractivity contribution in [3.63, 3.8) is 0 Å². The van der Waals surface area contributed by atoms with Gasteiger partial charge in [0.05, 0.1) is 6.04 Å². The lowest BCUT2D eigenvalue weighted by atomic mass is 10.0. The van der Waals surface area contributed by atoms with Crippen molar-refractivity contribution in [1.29, 1.82) is 0 Å². The van der Waals surface area contributed by atoms with Crippen LogP contribution in [0.15, 0.2) is 12.3 Å². The molecule has 0 radical (unpaired) electrons. The lowest BCUT2D eigenvalue weighted by Crippen LogP contribution is -2.52. The lowest BCUT2D eigenvalue weighted by molar-refractivity contribution is -0.135. The van der Waals surface area contributed by atoms with E-state index in [1.54, 1.807) is 6.92 Å². The number of nitrogens with one attached hydrogen (secondary N) is 1. The highest BCUT2D eigenvalue weighted by atomic mass is 16.2. The molecule has 1 unspecified atom stereocenters. The molecule has 1 fully saturated rings. The second-order valence-electron chi connectivity index (χ2n) is 2.79. The van der Waals surface area contributed by atoms with Gasteiger partial charge in [-0.3, -0.25) is 4.79 Å². The van der Waals surface area contributed by atoms with E-state index >= 15 is 0 Å². The quantitative estimate of drug-likeness (QED) is 0.634. The van der Waals surface area contributed by atoms with E-state index in [4.69, 9.17) is 0 Å². The molecule has 0 aromatic carbocycles. The molecule has 64 valence electrons. The van der Waals surface area contributed by atoms with Crippen molar-refractivity contribution in [3.05, 3.63) is 12.3 Å². The topological polar surface area (TPSA) is 32.3 Å². The highest BCUT2D eigenvalue weighted by Gasteiger charge is 2.31. The zero-order chi connectivity index (χ0) is 8.43. The first-order valence-electron chi connectivity index (χ1n) is 3.80. The first kappa shape index (κ1) is 8.11. The maximum atomic E-state index is 10.9. The molecule has 0 aromatic heterocycles. The average molecular weight is 156 g/mol. The largest absolute Gasteiger partial charge is 0.390 e. The maximum Gasteiger partial charge on any atom is 0.220 e. The van der Waals surface area contributed by atoms with E-state index in [0.29, 0.717) is 0 Å². The number of carbonyl (C=O) groups is 1. The molecule has 1 aliphatic rings. The number of likely N-dealkylation sites (tertiary alicyclic amines) is 1. The van der Waals surface area contributed by atoms with Crippen molar-refractivity contribution in [2.24, 2.45) is 0 Å². The molecule has 1 rings (SSSR count). The average Bonchev–Trinajstić information content (AvgIpc) is 1.83. The van der Waals surface area contributed by atoms with Crippen LogP contribution in [0.3, 0.4) is 0 Å². The van der Waals surface area contributed by atoms with Gasteiger partial charge in [0.15, 0.2) is 0 Å². The van der Waals surface area contributed by atoms with Crippen LogP contribution in [0.4, 0.5) is 0 Å². The second kappa shape index (κ2) is 2.95. The highest BCUT2D eigenvalue weighted by Crippen LogP contribution is 2.21. The number of carbonyl (C=O) groups excluding carboxylic acids is 1. The molecule has 0 bridgehead atoms. The Labute approximate surface area is 68.6 Å². The van der Waals surface area contributed by atoms with Gasteiger partial charge in [0.25, 0.3) is 0 Å². The molecule has 1 heterocycles. The molecule has 1 amide bonds. The molecular formula is C8H16N2O. The van der Waals surface area contributed by atoms with E-state index in [1.165, 1.54) is 0 Å². The molecule has 1 saturated heterocycles. The van der Waals surface area contributed by atoms with E-state index in [1.807, 2.05) is 11.9 Å². The Hall–Kier alpha value is -0.990. The van der Waals surface area contributed by atoms with Gasteiger partial charge < -0.3 is 10.2 Å². The SMILES string of the molecule is C=C(NC)C1CCN1C(C)=O.[HH]. The third-order valence-corrected chi connectivity index (χ3v) is 2.15. The maximum absolute atomic E-state index is 10.9. The molecular weight excluding hydrogens is 140 g/mol. The van der Waals surface area contributed by atoms with Crippen LogP contribution in [0.1, 0.15) is 14.8 Å². The van der Waals surface area contributed by atoms with Gasteiger partial charge in [-0.25, -0.2) is 0 Å². The van der Waals surface area contributed by atoms with Crippen LogP contribution in [0.2, 0.25) is 0 Å². The Morgan fingerprint density at radius 1 is 1.82 bits per heavy atom. The zero-order valence-electron chi connectivity index (χ0n) is 7.05. The monoisotopic (exact) mass is 156 g/mol. The summed E-state index contributed by atoms with van der Waals surface area (Å²) >= 11 is 0. The minimum atomic E-state index is 0. The first-order chi connectivity index (χ1) is 5.16. The van der Waals surface area contributed by atoms with Crippen molar-refractivity contribution in [2.45, 2.75) is 19.4 Å². The van der Waals surface area contributed by atoms with Crippen LogP contribution in [0.25, 0.3) is 0 Å². The molecule has 0 saturated carbocycles.